The Morgan fingerprint density at radius 1 is 1.42 bits per heavy atom. The van der Waals surface area contributed by atoms with Crippen molar-refractivity contribution in [3.05, 3.63) is 47.3 Å². The molecule has 1 fully saturated rings. The number of aliphatic hydroxyl groups is 1. The topological polar surface area (TPSA) is 80.5 Å². The highest BCUT2D eigenvalue weighted by Gasteiger charge is 2.32. The van der Waals surface area contributed by atoms with Gasteiger partial charge in [-0.15, -0.1) is 5.10 Å². The molecule has 1 aromatic heterocycles. The quantitative estimate of drug-likeness (QED) is 0.858. The average molecular weight is 330 g/mol. The summed E-state index contributed by atoms with van der Waals surface area (Å²) in [7, 11) is 1.66. The minimum Gasteiger partial charge on any atom is -0.387 e. The van der Waals surface area contributed by atoms with Gasteiger partial charge in [-0.3, -0.25) is 4.79 Å². The van der Waals surface area contributed by atoms with Crippen molar-refractivity contribution in [3.63, 3.8) is 0 Å². The van der Waals surface area contributed by atoms with Gasteiger partial charge in [-0.05, 0) is 18.1 Å². The lowest BCUT2D eigenvalue weighted by molar-refractivity contribution is -0.136. The van der Waals surface area contributed by atoms with Gasteiger partial charge in [-0.25, -0.2) is 4.68 Å². The maximum Gasteiger partial charge on any atom is 0.227 e. The maximum absolute atomic E-state index is 12.4. The summed E-state index contributed by atoms with van der Waals surface area (Å²) in [6, 6.07) is 8.03. The first-order valence-electron chi connectivity index (χ1n) is 8.01. The number of hydrogen-bond acceptors (Lipinski definition) is 5. The summed E-state index contributed by atoms with van der Waals surface area (Å²) in [4.78, 5) is 14.2. The maximum atomic E-state index is 12.4. The van der Waals surface area contributed by atoms with Crippen LogP contribution in [0, 0.1) is 0 Å². The van der Waals surface area contributed by atoms with Gasteiger partial charge in [-0.1, -0.05) is 29.5 Å². The number of benzene rings is 1. The molecule has 1 aromatic carbocycles. The highest BCUT2D eigenvalue weighted by molar-refractivity contribution is 5.79. The van der Waals surface area contributed by atoms with Crippen molar-refractivity contribution >= 4 is 5.91 Å². The molecule has 0 saturated carbocycles. The fraction of sp³-hybridized carbons (Fsp3) is 0.471. The molecule has 1 saturated heterocycles. The van der Waals surface area contributed by atoms with Crippen molar-refractivity contribution in [1.29, 1.82) is 0 Å². The second-order valence-corrected chi connectivity index (χ2v) is 6.18. The van der Waals surface area contributed by atoms with Gasteiger partial charge in [0.1, 0.15) is 5.69 Å². The zero-order chi connectivity index (χ0) is 17.1. The van der Waals surface area contributed by atoms with Gasteiger partial charge in [0.15, 0.2) is 0 Å². The Morgan fingerprint density at radius 2 is 2.17 bits per heavy atom. The van der Waals surface area contributed by atoms with E-state index in [9.17, 15) is 9.90 Å². The normalized spacial score (nSPS) is 16.0. The molecule has 0 aliphatic carbocycles. The van der Waals surface area contributed by atoms with E-state index >= 15 is 0 Å². The molecule has 2 aromatic rings. The molecule has 7 heteroatoms. The van der Waals surface area contributed by atoms with Crippen LogP contribution >= 0.6 is 0 Å². The fourth-order valence-electron chi connectivity index (χ4n) is 2.77. The highest BCUT2D eigenvalue weighted by Crippen LogP contribution is 2.22. The molecule has 0 spiro atoms. The Hall–Kier alpha value is -2.25. The molecule has 1 amide bonds. The third-order valence-electron chi connectivity index (χ3n) is 4.20. The van der Waals surface area contributed by atoms with Gasteiger partial charge in [0.25, 0.3) is 0 Å². The van der Waals surface area contributed by atoms with Gasteiger partial charge in [0, 0.05) is 20.2 Å². The first-order valence-corrected chi connectivity index (χ1v) is 8.01. The van der Waals surface area contributed by atoms with Gasteiger partial charge in [0.05, 0.1) is 31.4 Å². The molecule has 0 bridgehead atoms. The predicted octanol–water partition coefficient (Wildman–Crippen LogP) is 1.10. The number of aliphatic hydroxyl groups excluding tert-OH is 1. The van der Waals surface area contributed by atoms with Crippen LogP contribution in [0.3, 0.4) is 0 Å². The first-order chi connectivity index (χ1) is 11.6. The van der Waals surface area contributed by atoms with E-state index in [0.717, 1.165) is 11.1 Å². The smallest absolute Gasteiger partial charge is 0.227 e. The lowest BCUT2D eigenvalue weighted by Gasteiger charge is -2.39. The van der Waals surface area contributed by atoms with Crippen LogP contribution in [-0.2, 0) is 22.6 Å². The van der Waals surface area contributed by atoms with Crippen LogP contribution < -0.4 is 0 Å². The summed E-state index contributed by atoms with van der Waals surface area (Å²) in [5.41, 5.74) is 2.61. The van der Waals surface area contributed by atoms with Crippen LogP contribution in [0.1, 0.15) is 35.9 Å². The molecule has 24 heavy (non-hydrogen) atoms. The summed E-state index contributed by atoms with van der Waals surface area (Å²) in [6.07, 6.45) is 1.50. The Morgan fingerprint density at radius 3 is 2.83 bits per heavy atom. The van der Waals surface area contributed by atoms with Crippen LogP contribution in [0.5, 0.6) is 0 Å². The summed E-state index contributed by atoms with van der Waals surface area (Å²) in [6.45, 7) is 3.45. The number of amides is 1. The number of carbonyl (C=O) groups is 1. The van der Waals surface area contributed by atoms with Crippen LogP contribution in [0.4, 0.5) is 0 Å². The van der Waals surface area contributed by atoms with Crippen molar-refractivity contribution in [1.82, 2.24) is 19.9 Å². The Kier molecular flexibility index (Phi) is 4.92. The number of ether oxygens (including phenoxy) is 1. The average Bonchev–Trinajstić information content (AvgIpc) is 2.96. The number of hydrogen-bond donors (Lipinski definition) is 1. The van der Waals surface area contributed by atoms with E-state index < -0.39 is 6.10 Å². The van der Waals surface area contributed by atoms with Crippen molar-refractivity contribution in [2.24, 2.45) is 0 Å². The Balaban J connectivity index is 1.53. The van der Waals surface area contributed by atoms with E-state index in [1.165, 1.54) is 0 Å². The zero-order valence-electron chi connectivity index (χ0n) is 13.9. The SMILES string of the molecule is COCc1cccc(CC(=O)N2CC(n3cc(C(C)O)nn3)C2)c1. The van der Waals surface area contributed by atoms with Crippen LogP contribution in [0.15, 0.2) is 30.5 Å². The van der Waals surface area contributed by atoms with E-state index in [1.807, 2.05) is 29.2 Å². The van der Waals surface area contributed by atoms with Crippen LogP contribution in [0.25, 0.3) is 0 Å². The van der Waals surface area contributed by atoms with E-state index in [0.29, 0.717) is 31.8 Å². The first kappa shape index (κ1) is 16.6. The standard InChI is InChI=1S/C17H22N4O3/c1-12(22)16-10-21(19-18-16)15-8-20(9-15)17(23)7-13-4-3-5-14(6-13)11-24-2/h3-6,10,12,15,22H,7-9,11H2,1-2H3. The Labute approximate surface area is 140 Å². The fourth-order valence-corrected chi connectivity index (χ4v) is 2.77. The van der Waals surface area contributed by atoms with Crippen LogP contribution in [-0.4, -0.2) is 51.1 Å². The van der Waals surface area contributed by atoms with E-state index in [1.54, 1.807) is 24.9 Å². The molecular weight excluding hydrogens is 308 g/mol. The van der Waals surface area contributed by atoms with Gasteiger partial charge >= 0.3 is 0 Å². The van der Waals surface area contributed by atoms with E-state index in [4.69, 9.17) is 4.74 Å². The molecule has 1 aliphatic rings. The number of nitrogens with zero attached hydrogens (tertiary/aromatic N) is 4. The Bertz CT molecular complexity index is 707. The van der Waals surface area contributed by atoms with Crippen LogP contribution in [0.2, 0.25) is 0 Å². The molecular formula is C17H22N4O3. The van der Waals surface area contributed by atoms with Crippen molar-refractivity contribution in [2.75, 3.05) is 20.2 Å². The number of likely N-dealkylation sites (tertiary alicyclic amines) is 1. The number of aromatic nitrogens is 3. The van der Waals surface area contributed by atoms with E-state index in [-0.39, 0.29) is 11.9 Å². The molecule has 1 N–H and O–H groups in total. The van der Waals surface area contributed by atoms with Gasteiger partial charge < -0.3 is 14.7 Å². The second kappa shape index (κ2) is 7.11. The van der Waals surface area contributed by atoms with Crippen molar-refractivity contribution < 1.29 is 14.6 Å². The van der Waals surface area contributed by atoms with Crippen molar-refractivity contribution in [2.45, 2.75) is 32.1 Å². The minimum atomic E-state index is -0.629. The summed E-state index contributed by atoms with van der Waals surface area (Å²) in [5.74, 6) is 0.108. The zero-order valence-corrected chi connectivity index (χ0v) is 13.9. The largest absolute Gasteiger partial charge is 0.387 e. The molecule has 1 unspecified atom stereocenters. The minimum absolute atomic E-state index is 0.108. The lowest BCUT2D eigenvalue weighted by Crippen LogP contribution is -2.51. The number of rotatable bonds is 6. The molecule has 0 radical (unpaired) electrons. The summed E-state index contributed by atoms with van der Waals surface area (Å²) in [5, 5.41) is 17.4. The molecule has 3 rings (SSSR count). The second-order valence-electron chi connectivity index (χ2n) is 6.18. The van der Waals surface area contributed by atoms with Gasteiger partial charge in [0.2, 0.25) is 5.91 Å². The third kappa shape index (κ3) is 3.63. The summed E-state index contributed by atoms with van der Waals surface area (Å²) >= 11 is 0. The van der Waals surface area contributed by atoms with E-state index in [2.05, 4.69) is 10.3 Å². The molecule has 1 atom stereocenters. The molecule has 2 heterocycles. The number of methoxy groups -OCH3 is 1. The molecule has 7 nitrogen and oxygen atoms in total. The predicted molar refractivity (Wildman–Crippen MR) is 87.1 cm³/mol. The van der Waals surface area contributed by atoms with Crippen molar-refractivity contribution in [3.8, 4) is 0 Å². The monoisotopic (exact) mass is 330 g/mol. The molecule has 128 valence electrons. The number of carbonyl (C=O) groups excluding carboxylic acids is 1. The summed E-state index contributed by atoms with van der Waals surface area (Å²) < 4.78 is 6.85. The highest BCUT2D eigenvalue weighted by atomic mass is 16.5. The van der Waals surface area contributed by atoms with Gasteiger partial charge in [-0.2, -0.15) is 0 Å². The molecule has 1 aliphatic heterocycles. The third-order valence-corrected chi connectivity index (χ3v) is 4.20. The lowest BCUT2D eigenvalue weighted by atomic mass is 10.0.